The lowest BCUT2D eigenvalue weighted by molar-refractivity contribution is 0.475. The lowest BCUT2D eigenvalue weighted by Crippen LogP contribution is -2.18. The minimum atomic E-state index is 0.982. The Hall–Kier alpha value is -1.96. The fourth-order valence-corrected chi connectivity index (χ4v) is 1.87. The smallest absolute Gasteiger partial charge is 0.0366 e. The van der Waals surface area contributed by atoms with Gasteiger partial charge in [-0.25, -0.2) is 0 Å². The molecule has 1 aliphatic heterocycles. The zero-order valence-corrected chi connectivity index (χ0v) is 11.3. The Morgan fingerprint density at radius 2 is 1.83 bits per heavy atom. The summed E-state index contributed by atoms with van der Waals surface area (Å²) in [5.74, 6) is 0. The van der Waals surface area contributed by atoms with Crippen molar-refractivity contribution in [2.75, 3.05) is 32.6 Å². The minimum absolute atomic E-state index is 0.982. The Morgan fingerprint density at radius 3 is 2.44 bits per heavy atom. The van der Waals surface area contributed by atoms with Crippen molar-refractivity contribution in [2.24, 2.45) is 0 Å². The average molecular weight is 240 g/mol. The quantitative estimate of drug-likeness (QED) is 0.801. The summed E-state index contributed by atoms with van der Waals surface area (Å²) >= 11 is 0. The number of hydrogen-bond donors (Lipinski definition) is 0. The topological polar surface area (TPSA) is 6.48 Å². The summed E-state index contributed by atoms with van der Waals surface area (Å²) in [5.41, 5.74) is 3.70. The summed E-state index contributed by atoms with van der Waals surface area (Å²) in [6.07, 6.45) is 10.7. The predicted octanol–water partition coefficient (Wildman–Crippen LogP) is 3.15. The van der Waals surface area contributed by atoms with Crippen LogP contribution in [0.5, 0.6) is 0 Å². The molecule has 0 atom stereocenters. The number of anilines is 1. The Balaban J connectivity index is 2.09. The third-order valence-corrected chi connectivity index (χ3v) is 3.08. The summed E-state index contributed by atoms with van der Waals surface area (Å²) in [6.45, 7) is 0.982. The van der Waals surface area contributed by atoms with Gasteiger partial charge in [-0.2, -0.15) is 0 Å². The van der Waals surface area contributed by atoms with Crippen LogP contribution in [0.2, 0.25) is 0 Å². The molecule has 1 aliphatic rings. The maximum atomic E-state index is 2.23. The van der Waals surface area contributed by atoms with Crippen LogP contribution in [0, 0.1) is 0 Å². The molecule has 0 N–H and O–H groups in total. The van der Waals surface area contributed by atoms with E-state index >= 15 is 0 Å². The predicted molar refractivity (Wildman–Crippen MR) is 79.7 cm³/mol. The van der Waals surface area contributed by atoms with Gasteiger partial charge < -0.3 is 9.80 Å². The molecule has 2 rings (SSSR count). The molecule has 1 aromatic rings. The van der Waals surface area contributed by atoms with Gasteiger partial charge in [-0.1, -0.05) is 30.4 Å². The van der Waals surface area contributed by atoms with Gasteiger partial charge >= 0.3 is 0 Å². The first-order chi connectivity index (χ1) is 8.66. The summed E-state index contributed by atoms with van der Waals surface area (Å²) < 4.78 is 0. The van der Waals surface area contributed by atoms with E-state index in [0.717, 1.165) is 6.54 Å². The maximum absolute atomic E-state index is 2.23. The molecule has 1 heterocycles. The highest BCUT2D eigenvalue weighted by Crippen LogP contribution is 2.15. The van der Waals surface area contributed by atoms with E-state index in [1.807, 2.05) is 0 Å². The van der Waals surface area contributed by atoms with Gasteiger partial charge in [0.2, 0.25) is 0 Å². The van der Waals surface area contributed by atoms with Crippen LogP contribution in [-0.2, 0) is 0 Å². The van der Waals surface area contributed by atoms with Crippen molar-refractivity contribution in [1.29, 1.82) is 0 Å². The van der Waals surface area contributed by atoms with Crippen LogP contribution in [0.4, 0.5) is 5.69 Å². The van der Waals surface area contributed by atoms with Crippen molar-refractivity contribution >= 4 is 11.8 Å². The molecule has 0 bridgehead atoms. The van der Waals surface area contributed by atoms with Gasteiger partial charge in [0.15, 0.2) is 0 Å². The number of allylic oxidation sites excluding steroid dienone is 3. The molecule has 0 amide bonds. The van der Waals surface area contributed by atoms with Crippen molar-refractivity contribution in [3.05, 3.63) is 59.8 Å². The highest BCUT2D eigenvalue weighted by Gasteiger charge is 2.01. The second-order valence-corrected chi connectivity index (χ2v) is 4.72. The van der Waals surface area contributed by atoms with Crippen molar-refractivity contribution in [3.63, 3.8) is 0 Å². The van der Waals surface area contributed by atoms with E-state index in [1.54, 1.807) is 0 Å². The van der Waals surface area contributed by atoms with Gasteiger partial charge in [-0.3, -0.25) is 0 Å². The lowest BCUT2D eigenvalue weighted by Gasteiger charge is -2.20. The van der Waals surface area contributed by atoms with E-state index in [1.165, 1.54) is 16.9 Å². The molecule has 1 aromatic carbocycles. The first-order valence-electron chi connectivity index (χ1n) is 6.20. The Kier molecular flexibility index (Phi) is 3.88. The molecule has 94 valence electrons. The third-order valence-electron chi connectivity index (χ3n) is 3.08. The molecular weight excluding hydrogens is 220 g/mol. The molecule has 0 spiro atoms. The number of likely N-dealkylation sites (N-methyl/N-ethyl adjacent to an activating group) is 1. The molecule has 2 heteroatoms. The second-order valence-electron chi connectivity index (χ2n) is 4.72. The average Bonchev–Trinajstić information content (AvgIpc) is 2.38. The third kappa shape index (κ3) is 3.04. The maximum Gasteiger partial charge on any atom is 0.0366 e. The molecule has 0 unspecified atom stereocenters. The van der Waals surface area contributed by atoms with Gasteiger partial charge in [0.05, 0.1) is 0 Å². The van der Waals surface area contributed by atoms with Crippen LogP contribution in [0.15, 0.2) is 54.3 Å². The van der Waals surface area contributed by atoms with Crippen molar-refractivity contribution in [3.8, 4) is 0 Å². The van der Waals surface area contributed by atoms with E-state index in [9.17, 15) is 0 Å². The van der Waals surface area contributed by atoms with Crippen LogP contribution >= 0.6 is 0 Å². The normalized spacial score (nSPS) is 15.1. The summed E-state index contributed by atoms with van der Waals surface area (Å²) in [6, 6.07) is 8.56. The molecule has 0 aliphatic carbocycles. The first kappa shape index (κ1) is 12.5. The van der Waals surface area contributed by atoms with E-state index in [-0.39, 0.29) is 0 Å². The standard InChI is InChI=1S/C16H20N2/c1-17(2)15-10-7-14(8-11-15)9-12-16-6-4-5-13-18(16)3/h4-12H,13H2,1-3H3. The number of hydrogen-bond acceptors (Lipinski definition) is 2. The van der Waals surface area contributed by atoms with Gasteiger partial charge in [-0.15, -0.1) is 0 Å². The molecule has 0 saturated heterocycles. The summed E-state index contributed by atoms with van der Waals surface area (Å²) in [7, 11) is 6.22. The SMILES string of the molecule is CN1CC=CC=C1C=Cc1ccc(N(C)C)cc1. The van der Waals surface area contributed by atoms with Crippen LogP contribution in [-0.4, -0.2) is 32.6 Å². The van der Waals surface area contributed by atoms with Gasteiger partial charge in [0, 0.05) is 39.1 Å². The highest BCUT2D eigenvalue weighted by molar-refractivity contribution is 5.57. The van der Waals surface area contributed by atoms with E-state index in [0.29, 0.717) is 0 Å². The van der Waals surface area contributed by atoms with Crippen LogP contribution in [0.25, 0.3) is 6.08 Å². The lowest BCUT2D eigenvalue weighted by atomic mass is 10.1. The zero-order chi connectivity index (χ0) is 13.0. The second kappa shape index (κ2) is 5.58. The number of rotatable bonds is 3. The Bertz CT molecular complexity index is 478. The van der Waals surface area contributed by atoms with Crippen molar-refractivity contribution in [2.45, 2.75) is 0 Å². The van der Waals surface area contributed by atoms with Gasteiger partial charge in [0.1, 0.15) is 0 Å². The molecule has 2 nitrogen and oxygen atoms in total. The molecule has 0 saturated carbocycles. The minimum Gasteiger partial charge on any atom is -0.378 e. The van der Waals surface area contributed by atoms with Crippen molar-refractivity contribution < 1.29 is 0 Å². The first-order valence-corrected chi connectivity index (χ1v) is 6.20. The monoisotopic (exact) mass is 240 g/mol. The fraction of sp³-hybridized carbons (Fsp3) is 0.250. The largest absolute Gasteiger partial charge is 0.378 e. The summed E-state index contributed by atoms with van der Waals surface area (Å²) in [4.78, 5) is 4.33. The molecule has 0 fully saturated rings. The molecule has 18 heavy (non-hydrogen) atoms. The highest BCUT2D eigenvalue weighted by atomic mass is 15.1. The van der Waals surface area contributed by atoms with Gasteiger partial charge in [0.25, 0.3) is 0 Å². The molecule has 0 radical (unpaired) electrons. The summed E-state index contributed by atoms with van der Waals surface area (Å²) in [5, 5.41) is 0. The molecule has 0 aromatic heterocycles. The van der Waals surface area contributed by atoms with Crippen LogP contribution in [0.3, 0.4) is 0 Å². The number of nitrogens with zero attached hydrogens (tertiary/aromatic N) is 2. The van der Waals surface area contributed by atoms with Crippen LogP contribution in [0.1, 0.15) is 5.56 Å². The van der Waals surface area contributed by atoms with Gasteiger partial charge in [-0.05, 0) is 29.8 Å². The Labute approximate surface area is 110 Å². The fourth-order valence-electron chi connectivity index (χ4n) is 1.87. The van der Waals surface area contributed by atoms with E-state index in [4.69, 9.17) is 0 Å². The van der Waals surface area contributed by atoms with E-state index < -0.39 is 0 Å². The van der Waals surface area contributed by atoms with Crippen molar-refractivity contribution in [1.82, 2.24) is 4.90 Å². The van der Waals surface area contributed by atoms with Crippen LogP contribution < -0.4 is 4.90 Å². The molecular formula is C16H20N2. The Morgan fingerprint density at radius 1 is 1.11 bits per heavy atom. The zero-order valence-electron chi connectivity index (χ0n) is 11.3. The number of benzene rings is 1. The van der Waals surface area contributed by atoms with E-state index in [2.05, 4.69) is 85.6 Å².